The molecule has 2 amide bonds. The van der Waals surface area contributed by atoms with Crippen molar-refractivity contribution >= 4 is 11.8 Å². The summed E-state index contributed by atoms with van der Waals surface area (Å²) in [6.45, 7) is 6.07. The zero-order chi connectivity index (χ0) is 10.1. The van der Waals surface area contributed by atoms with Gasteiger partial charge in [-0.15, -0.1) is 0 Å². The molecule has 72 valence electrons. The molecule has 5 heteroatoms. The van der Waals surface area contributed by atoms with E-state index < -0.39 is 6.03 Å². The van der Waals surface area contributed by atoms with Gasteiger partial charge in [0, 0.05) is 12.3 Å². The van der Waals surface area contributed by atoms with Crippen molar-refractivity contribution in [1.82, 2.24) is 9.78 Å². The molecule has 1 aromatic rings. The molecule has 0 radical (unpaired) electrons. The van der Waals surface area contributed by atoms with E-state index in [0.29, 0.717) is 5.82 Å². The molecule has 0 saturated carbocycles. The molecule has 0 spiro atoms. The Balaban J connectivity index is 2.81. The molecule has 0 aliphatic heterocycles. The number of amides is 2. The van der Waals surface area contributed by atoms with Gasteiger partial charge >= 0.3 is 6.03 Å². The predicted octanol–water partition coefficient (Wildman–Crippen LogP) is 1.13. The predicted molar refractivity (Wildman–Crippen MR) is 50.4 cm³/mol. The van der Waals surface area contributed by atoms with Gasteiger partial charge in [-0.2, -0.15) is 5.10 Å². The molecule has 1 rings (SSSR count). The number of rotatable bonds is 1. The van der Waals surface area contributed by atoms with Crippen molar-refractivity contribution in [3.63, 3.8) is 0 Å². The molecule has 1 heterocycles. The van der Waals surface area contributed by atoms with Crippen molar-refractivity contribution in [3.05, 3.63) is 12.3 Å². The molecule has 1 aromatic heterocycles. The van der Waals surface area contributed by atoms with Gasteiger partial charge in [0.1, 0.15) is 0 Å². The Labute approximate surface area is 76.9 Å². The fourth-order valence-corrected chi connectivity index (χ4v) is 0.890. The third-order valence-electron chi connectivity index (χ3n) is 1.53. The minimum atomic E-state index is -0.598. The average molecular weight is 182 g/mol. The summed E-state index contributed by atoms with van der Waals surface area (Å²) in [6.07, 6.45) is 1.80. The van der Waals surface area contributed by atoms with Crippen LogP contribution in [-0.2, 0) is 5.54 Å². The second kappa shape index (κ2) is 3.08. The summed E-state index contributed by atoms with van der Waals surface area (Å²) in [4.78, 5) is 10.5. The molecule has 3 N–H and O–H groups in total. The van der Waals surface area contributed by atoms with Crippen molar-refractivity contribution in [3.8, 4) is 0 Å². The first-order valence-electron chi connectivity index (χ1n) is 4.02. The third-order valence-corrected chi connectivity index (χ3v) is 1.53. The van der Waals surface area contributed by atoms with Crippen LogP contribution < -0.4 is 11.1 Å². The van der Waals surface area contributed by atoms with Gasteiger partial charge in [0.05, 0.1) is 5.54 Å². The van der Waals surface area contributed by atoms with Gasteiger partial charge < -0.3 is 5.73 Å². The van der Waals surface area contributed by atoms with E-state index in [1.807, 2.05) is 20.8 Å². The first-order chi connectivity index (χ1) is 5.89. The highest BCUT2D eigenvalue weighted by Crippen LogP contribution is 2.14. The Morgan fingerprint density at radius 3 is 2.62 bits per heavy atom. The highest BCUT2D eigenvalue weighted by molar-refractivity contribution is 5.86. The topological polar surface area (TPSA) is 72.9 Å². The molecule has 0 saturated heterocycles. The number of carbonyl (C=O) groups excluding carboxylic acids is 1. The van der Waals surface area contributed by atoms with Crippen LogP contribution in [-0.4, -0.2) is 15.8 Å². The number of anilines is 1. The standard InChI is InChI=1S/C8H14N4O/c1-8(2,3)12-5-4-6(11-12)10-7(9)13/h4-5H,1-3H3,(H3,9,10,11,13). The SMILES string of the molecule is CC(C)(C)n1ccc(NC(N)=O)n1. The van der Waals surface area contributed by atoms with Crippen molar-refractivity contribution in [1.29, 1.82) is 0 Å². The van der Waals surface area contributed by atoms with Crippen LogP contribution in [0.3, 0.4) is 0 Å². The second-order valence-corrected chi connectivity index (χ2v) is 3.81. The fourth-order valence-electron chi connectivity index (χ4n) is 0.890. The number of hydrogen-bond donors (Lipinski definition) is 2. The van der Waals surface area contributed by atoms with Crippen LogP contribution in [0.25, 0.3) is 0 Å². The highest BCUT2D eigenvalue weighted by Gasteiger charge is 2.13. The van der Waals surface area contributed by atoms with E-state index in [9.17, 15) is 4.79 Å². The Bertz CT molecular complexity index is 310. The molecule has 0 unspecified atom stereocenters. The lowest BCUT2D eigenvalue weighted by Crippen LogP contribution is -2.23. The van der Waals surface area contributed by atoms with Crippen LogP contribution in [0.4, 0.5) is 10.6 Å². The number of hydrogen-bond acceptors (Lipinski definition) is 2. The Morgan fingerprint density at radius 2 is 2.23 bits per heavy atom. The van der Waals surface area contributed by atoms with E-state index in [1.54, 1.807) is 16.9 Å². The number of urea groups is 1. The van der Waals surface area contributed by atoms with Crippen molar-refractivity contribution < 1.29 is 4.79 Å². The smallest absolute Gasteiger partial charge is 0.317 e. The average Bonchev–Trinajstić information content (AvgIpc) is 2.32. The lowest BCUT2D eigenvalue weighted by Gasteiger charge is -2.18. The minimum Gasteiger partial charge on any atom is -0.351 e. The maximum Gasteiger partial charge on any atom is 0.317 e. The Morgan fingerprint density at radius 1 is 1.62 bits per heavy atom. The maximum absolute atomic E-state index is 10.5. The molecule has 0 bridgehead atoms. The van der Waals surface area contributed by atoms with Crippen LogP contribution in [0.2, 0.25) is 0 Å². The summed E-state index contributed by atoms with van der Waals surface area (Å²) < 4.78 is 1.76. The molecule has 13 heavy (non-hydrogen) atoms. The van der Waals surface area contributed by atoms with Crippen LogP contribution in [0, 0.1) is 0 Å². The fraction of sp³-hybridized carbons (Fsp3) is 0.500. The molecule has 0 aliphatic rings. The van der Waals surface area contributed by atoms with E-state index in [-0.39, 0.29) is 5.54 Å². The molecular formula is C8H14N4O. The summed E-state index contributed by atoms with van der Waals surface area (Å²) in [5, 5.41) is 6.53. The van der Waals surface area contributed by atoms with Crippen molar-refractivity contribution in [2.75, 3.05) is 5.32 Å². The molecule has 5 nitrogen and oxygen atoms in total. The number of primary amides is 1. The third kappa shape index (κ3) is 2.47. The molecule has 0 atom stereocenters. The van der Waals surface area contributed by atoms with Crippen molar-refractivity contribution in [2.24, 2.45) is 5.73 Å². The number of aromatic nitrogens is 2. The summed E-state index contributed by atoms with van der Waals surface area (Å²) in [7, 11) is 0. The van der Waals surface area contributed by atoms with Gasteiger partial charge in [-0.25, -0.2) is 4.79 Å². The van der Waals surface area contributed by atoms with Gasteiger partial charge in [0.2, 0.25) is 0 Å². The summed E-state index contributed by atoms with van der Waals surface area (Å²) in [5.74, 6) is 0.474. The molecular weight excluding hydrogens is 168 g/mol. The number of nitrogens with two attached hydrogens (primary N) is 1. The largest absolute Gasteiger partial charge is 0.351 e. The van der Waals surface area contributed by atoms with Gasteiger partial charge in [-0.1, -0.05) is 0 Å². The zero-order valence-electron chi connectivity index (χ0n) is 8.03. The van der Waals surface area contributed by atoms with Gasteiger partial charge in [-0.05, 0) is 20.8 Å². The lowest BCUT2D eigenvalue weighted by molar-refractivity contribution is 0.259. The Hall–Kier alpha value is -1.52. The van der Waals surface area contributed by atoms with E-state index in [1.165, 1.54) is 0 Å². The van der Waals surface area contributed by atoms with E-state index in [2.05, 4.69) is 10.4 Å². The quantitative estimate of drug-likeness (QED) is 0.683. The molecule has 0 aliphatic carbocycles. The molecule has 0 fully saturated rings. The van der Waals surface area contributed by atoms with E-state index in [0.717, 1.165) is 0 Å². The normalized spacial score (nSPS) is 11.3. The first-order valence-corrected chi connectivity index (χ1v) is 4.02. The molecule has 0 aromatic carbocycles. The van der Waals surface area contributed by atoms with E-state index in [4.69, 9.17) is 5.73 Å². The van der Waals surface area contributed by atoms with Gasteiger partial charge in [0.25, 0.3) is 0 Å². The van der Waals surface area contributed by atoms with Gasteiger partial charge in [-0.3, -0.25) is 10.00 Å². The highest BCUT2D eigenvalue weighted by atomic mass is 16.2. The summed E-state index contributed by atoms with van der Waals surface area (Å²) >= 11 is 0. The zero-order valence-corrected chi connectivity index (χ0v) is 8.03. The lowest BCUT2D eigenvalue weighted by atomic mass is 10.1. The number of carbonyl (C=O) groups is 1. The van der Waals surface area contributed by atoms with Crippen LogP contribution in [0.1, 0.15) is 20.8 Å². The van der Waals surface area contributed by atoms with Crippen LogP contribution >= 0.6 is 0 Å². The number of nitrogens with zero attached hydrogens (tertiary/aromatic N) is 2. The van der Waals surface area contributed by atoms with Crippen molar-refractivity contribution in [2.45, 2.75) is 26.3 Å². The van der Waals surface area contributed by atoms with E-state index >= 15 is 0 Å². The van der Waals surface area contributed by atoms with Crippen LogP contribution in [0.5, 0.6) is 0 Å². The Kier molecular flexibility index (Phi) is 2.27. The number of nitrogens with one attached hydrogen (secondary N) is 1. The maximum atomic E-state index is 10.5. The van der Waals surface area contributed by atoms with Crippen LogP contribution in [0.15, 0.2) is 12.3 Å². The minimum absolute atomic E-state index is 0.0857. The van der Waals surface area contributed by atoms with Gasteiger partial charge in [0.15, 0.2) is 5.82 Å². The second-order valence-electron chi connectivity index (χ2n) is 3.81. The first kappa shape index (κ1) is 9.57. The summed E-state index contributed by atoms with van der Waals surface area (Å²) in [5.41, 5.74) is 4.86. The summed E-state index contributed by atoms with van der Waals surface area (Å²) in [6, 6.07) is 1.11. The monoisotopic (exact) mass is 182 g/mol.